The Bertz CT molecular complexity index is 687. The van der Waals surface area contributed by atoms with E-state index in [1.807, 2.05) is 0 Å². The van der Waals surface area contributed by atoms with Gasteiger partial charge in [0.1, 0.15) is 12.2 Å². The number of methoxy groups -OCH3 is 1. The fraction of sp³-hybridized carbons (Fsp3) is 0.885. The second-order valence-corrected chi connectivity index (χ2v) is 10.8. The summed E-state index contributed by atoms with van der Waals surface area (Å²) in [5, 5.41) is 27.7. The molecule has 3 aliphatic rings. The van der Waals surface area contributed by atoms with Gasteiger partial charge in [0.25, 0.3) is 0 Å². The van der Waals surface area contributed by atoms with E-state index < -0.39 is 54.2 Å². The van der Waals surface area contributed by atoms with Crippen molar-refractivity contribution in [1.29, 1.82) is 0 Å². The monoisotopic (exact) mass is 657 g/mol. The molecule has 0 aromatic carbocycles. The number of hydrogen-bond donors (Lipinski definition) is 8. The molecule has 3 saturated carbocycles. The maximum absolute atomic E-state index is 10.9. The molecule has 2 amide bonds. The van der Waals surface area contributed by atoms with Gasteiger partial charge in [-0.3, -0.25) is 9.59 Å². The number of aliphatic hydroxyl groups excluding tert-OH is 3. The standard InChI is InChI=1S/C9H17NO3.2C8H16N2O2.CH4.2ClH.F2/c1-13-9(12)8(11)7(10)5-6-3-2-4-6;2*9-6(7(11)8(10)12)4-5-2-1-3-5;;;;1-2/h6-8,11H,2-5,10H2,1H3;2*5-7,11H,1-4,9H2,(H2,10,12);1H4;2*1H;/t7-,8-;2*6-,7-;;;;/m111..../s1. The highest BCUT2D eigenvalue weighted by Gasteiger charge is 2.29. The molecule has 3 aliphatic carbocycles. The number of halogens is 4. The summed E-state index contributed by atoms with van der Waals surface area (Å²) >= 11 is 0. The van der Waals surface area contributed by atoms with Gasteiger partial charge in [0, 0.05) is 27.3 Å². The molecule has 254 valence electrons. The zero-order chi connectivity index (χ0) is 30.1. The van der Waals surface area contributed by atoms with Crippen LogP contribution in [0.3, 0.4) is 0 Å². The Morgan fingerprint density at radius 3 is 1.07 bits per heavy atom. The number of hydrogen-bond acceptors (Lipinski definition) is 10. The summed E-state index contributed by atoms with van der Waals surface area (Å²) in [4.78, 5) is 31.9. The summed E-state index contributed by atoms with van der Waals surface area (Å²) in [7, 11) is 1.25. The topological polar surface area (TPSA) is 251 Å². The predicted molar refractivity (Wildman–Crippen MR) is 162 cm³/mol. The number of esters is 1. The molecule has 13 N–H and O–H groups in total. The predicted octanol–water partition coefficient (Wildman–Crippen LogP) is 1.06. The van der Waals surface area contributed by atoms with Crippen LogP contribution in [0, 0.1) is 17.8 Å². The van der Waals surface area contributed by atoms with Gasteiger partial charge in [-0.2, -0.15) is 0 Å². The number of primary amides is 2. The van der Waals surface area contributed by atoms with Crippen molar-refractivity contribution in [3.05, 3.63) is 0 Å². The van der Waals surface area contributed by atoms with Gasteiger partial charge in [0.15, 0.2) is 6.10 Å². The molecule has 0 aromatic heterocycles. The third-order valence-corrected chi connectivity index (χ3v) is 7.73. The normalized spacial score (nSPS) is 19.9. The average molecular weight is 659 g/mol. The lowest BCUT2D eigenvalue weighted by molar-refractivity contribution is -0.151. The van der Waals surface area contributed by atoms with Crippen LogP contribution < -0.4 is 28.7 Å². The molecule has 0 heterocycles. The van der Waals surface area contributed by atoms with E-state index in [0.29, 0.717) is 30.6 Å². The second-order valence-electron chi connectivity index (χ2n) is 10.8. The van der Waals surface area contributed by atoms with E-state index in [9.17, 15) is 19.5 Å². The van der Waals surface area contributed by atoms with Gasteiger partial charge in [0.2, 0.25) is 11.8 Å². The minimum atomic E-state index is -1.18. The molecule has 16 heteroatoms. The Morgan fingerprint density at radius 1 is 0.667 bits per heavy atom. The van der Waals surface area contributed by atoms with Gasteiger partial charge < -0.3 is 48.7 Å². The molecule has 12 nitrogen and oxygen atoms in total. The summed E-state index contributed by atoms with van der Waals surface area (Å²) in [5.74, 6) is -0.298. The first-order chi connectivity index (χ1) is 18.4. The molecule has 0 saturated heterocycles. The van der Waals surface area contributed by atoms with E-state index in [1.54, 1.807) is 0 Å². The maximum Gasteiger partial charge on any atom is 0.336 e. The van der Waals surface area contributed by atoms with Crippen molar-refractivity contribution in [2.24, 2.45) is 46.4 Å². The van der Waals surface area contributed by atoms with E-state index in [2.05, 4.69) is 4.74 Å². The third kappa shape index (κ3) is 18.3. The van der Waals surface area contributed by atoms with Crippen LogP contribution in [-0.2, 0) is 19.1 Å². The highest BCUT2D eigenvalue weighted by molar-refractivity contribution is 5.85. The Kier molecular flexibility index (Phi) is 29.5. The van der Waals surface area contributed by atoms with Crippen molar-refractivity contribution in [3.63, 3.8) is 0 Å². The fourth-order valence-corrected chi connectivity index (χ4v) is 4.44. The van der Waals surface area contributed by atoms with E-state index in [-0.39, 0.29) is 32.2 Å². The number of carbonyl (C=O) groups excluding carboxylic acids is 3. The maximum atomic E-state index is 10.9. The van der Waals surface area contributed by atoms with Crippen LogP contribution in [0.5, 0.6) is 0 Å². The molecule has 0 bridgehead atoms. The van der Waals surface area contributed by atoms with Crippen LogP contribution >= 0.6 is 24.8 Å². The molecule has 0 spiro atoms. The Labute approximate surface area is 260 Å². The zero-order valence-electron chi connectivity index (χ0n) is 23.6. The van der Waals surface area contributed by atoms with Gasteiger partial charge in [0.05, 0.1) is 7.11 Å². The first-order valence-electron chi connectivity index (χ1n) is 13.5. The molecular weight excluding hydrogens is 603 g/mol. The minimum absolute atomic E-state index is 0. The number of ether oxygens (including phenoxy) is 1. The fourth-order valence-electron chi connectivity index (χ4n) is 4.44. The lowest BCUT2D eigenvalue weighted by Gasteiger charge is -2.29. The molecule has 3 fully saturated rings. The van der Waals surface area contributed by atoms with E-state index >= 15 is 0 Å². The molecular formula is C26H55Cl2F2N5O7. The quantitative estimate of drug-likeness (QED) is 0.138. The minimum Gasteiger partial charge on any atom is -0.467 e. The van der Waals surface area contributed by atoms with Crippen LogP contribution in [0.2, 0.25) is 0 Å². The van der Waals surface area contributed by atoms with Crippen LogP contribution in [0.1, 0.15) is 84.5 Å². The van der Waals surface area contributed by atoms with Gasteiger partial charge in [-0.05, 0) is 37.0 Å². The van der Waals surface area contributed by atoms with Gasteiger partial charge in [-0.15, -0.1) is 24.8 Å². The molecule has 6 atom stereocenters. The van der Waals surface area contributed by atoms with Crippen molar-refractivity contribution in [3.8, 4) is 0 Å². The first-order valence-corrected chi connectivity index (χ1v) is 13.5. The van der Waals surface area contributed by atoms with E-state index in [0.717, 1.165) is 6.42 Å². The Balaban J connectivity index is -0.000000242. The van der Waals surface area contributed by atoms with Crippen molar-refractivity contribution in [1.82, 2.24) is 0 Å². The largest absolute Gasteiger partial charge is 0.467 e. The van der Waals surface area contributed by atoms with Crippen LogP contribution in [-0.4, -0.2) is 76.7 Å². The number of aliphatic hydroxyl groups is 3. The second kappa shape index (κ2) is 26.1. The number of carbonyl (C=O) groups is 3. The third-order valence-electron chi connectivity index (χ3n) is 7.73. The highest BCUT2D eigenvalue weighted by atomic mass is 35.5. The van der Waals surface area contributed by atoms with Crippen LogP contribution in [0.25, 0.3) is 0 Å². The van der Waals surface area contributed by atoms with Crippen molar-refractivity contribution in [2.45, 2.75) is 121 Å². The highest BCUT2D eigenvalue weighted by Crippen LogP contribution is 2.32. The Hall–Kier alpha value is -1.39. The lowest BCUT2D eigenvalue weighted by atomic mass is 9.80. The number of amides is 2. The van der Waals surface area contributed by atoms with Gasteiger partial charge in [-0.25, -0.2) is 4.79 Å². The van der Waals surface area contributed by atoms with Crippen molar-refractivity contribution >= 4 is 42.6 Å². The Morgan fingerprint density at radius 2 is 0.905 bits per heavy atom. The lowest BCUT2D eigenvalue weighted by Crippen LogP contribution is -2.45. The molecule has 0 radical (unpaired) electrons. The number of rotatable bonds is 12. The average Bonchev–Trinajstić information content (AvgIpc) is 2.85. The van der Waals surface area contributed by atoms with Crippen molar-refractivity contribution in [2.75, 3.05) is 7.11 Å². The first kappa shape index (κ1) is 47.5. The van der Waals surface area contributed by atoms with Crippen molar-refractivity contribution < 1.29 is 43.6 Å². The zero-order valence-corrected chi connectivity index (χ0v) is 25.2. The smallest absolute Gasteiger partial charge is 0.336 e. The van der Waals surface area contributed by atoms with Gasteiger partial charge in [-0.1, -0.05) is 65.2 Å². The molecule has 3 rings (SSSR count). The summed E-state index contributed by atoms with van der Waals surface area (Å²) in [5.41, 5.74) is 26.6. The summed E-state index contributed by atoms with van der Waals surface area (Å²) in [6.45, 7) is 0. The van der Waals surface area contributed by atoms with E-state index in [1.165, 1.54) is 64.9 Å². The molecule has 0 aromatic rings. The molecule has 0 aliphatic heterocycles. The molecule has 42 heavy (non-hydrogen) atoms. The SMILES string of the molecule is C.COC(=O)[C@H](O)[C@H](N)CC1CCC1.Cl.Cl.FF.NC(=O)[C@H](O)[C@H](N)CC1CCC1.NC(=O)[C@H](O)[C@H](N)CC1CCC1. The number of nitrogens with two attached hydrogens (primary N) is 5. The summed E-state index contributed by atoms with van der Waals surface area (Å²) in [6, 6.07) is -1.43. The van der Waals surface area contributed by atoms with Crippen LogP contribution in [0.15, 0.2) is 0 Å². The van der Waals surface area contributed by atoms with Gasteiger partial charge >= 0.3 is 5.97 Å². The van der Waals surface area contributed by atoms with E-state index in [4.69, 9.17) is 48.0 Å². The summed E-state index contributed by atoms with van der Waals surface area (Å²) in [6.07, 6.45) is 9.35. The summed E-state index contributed by atoms with van der Waals surface area (Å²) < 4.78 is 20.4. The van der Waals surface area contributed by atoms with Crippen LogP contribution in [0.4, 0.5) is 9.15 Å². The molecule has 0 unspecified atom stereocenters.